The Bertz CT molecular complexity index is 520. The van der Waals surface area contributed by atoms with Crippen molar-refractivity contribution < 1.29 is 13.2 Å². The Labute approximate surface area is 107 Å². The molecule has 0 saturated heterocycles. The van der Waals surface area contributed by atoms with Crippen LogP contribution in [-0.2, 0) is 16.4 Å². The molecule has 5 nitrogen and oxygen atoms in total. The van der Waals surface area contributed by atoms with Gasteiger partial charge in [-0.1, -0.05) is 18.2 Å². The fraction of sp³-hybridized carbons (Fsp3) is 0.417. The van der Waals surface area contributed by atoms with Gasteiger partial charge in [-0.3, -0.25) is 0 Å². The monoisotopic (exact) mass is 268 g/mol. The average molecular weight is 268 g/mol. The molecule has 1 aromatic carbocycles. The van der Waals surface area contributed by atoms with Gasteiger partial charge in [0.15, 0.2) is 6.61 Å². The molecule has 0 aliphatic rings. The molecule has 18 heavy (non-hydrogen) atoms. The Balaban J connectivity index is 2.49. The van der Waals surface area contributed by atoms with E-state index in [2.05, 4.69) is 5.32 Å². The van der Waals surface area contributed by atoms with Gasteiger partial charge >= 0.3 is 0 Å². The third-order valence-electron chi connectivity index (χ3n) is 2.23. The van der Waals surface area contributed by atoms with Crippen molar-refractivity contribution in [2.75, 3.05) is 25.2 Å². The minimum Gasteiger partial charge on any atom is -0.478 e. The Morgan fingerprint density at radius 2 is 2.11 bits per heavy atom. The van der Waals surface area contributed by atoms with E-state index in [1.165, 1.54) is 6.26 Å². The van der Waals surface area contributed by atoms with Crippen LogP contribution in [0.5, 0.6) is 5.75 Å². The summed E-state index contributed by atoms with van der Waals surface area (Å²) in [6.07, 6.45) is 1.21. The lowest BCUT2D eigenvalue weighted by Crippen LogP contribution is -2.22. The lowest BCUT2D eigenvalue weighted by molar-refractivity contribution is 0.363. The Kier molecular flexibility index (Phi) is 5.62. The summed E-state index contributed by atoms with van der Waals surface area (Å²) in [6, 6.07) is 9.26. The Morgan fingerprint density at radius 1 is 1.39 bits per heavy atom. The van der Waals surface area contributed by atoms with Crippen LogP contribution in [0.4, 0.5) is 0 Å². The molecule has 0 aliphatic carbocycles. The summed E-state index contributed by atoms with van der Waals surface area (Å²) in [5.74, 6) is 0.750. The largest absolute Gasteiger partial charge is 0.478 e. The highest BCUT2D eigenvalue weighted by Crippen LogP contribution is 2.17. The van der Waals surface area contributed by atoms with Crippen LogP contribution in [0.1, 0.15) is 5.56 Å². The first-order chi connectivity index (χ1) is 8.53. The number of nitriles is 1. The van der Waals surface area contributed by atoms with Crippen molar-refractivity contribution in [2.24, 2.45) is 0 Å². The van der Waals surface area contributed by atoms with Gasteiger partial charge in [0.1, 0.15) is 21.7 Å². The van der Waals surface area contributed by atoms with Crippen molar-refractivity contribution in [1.29, 1.82) is 5.26 Å². The lowest BCUT2D eigenvalue weighted by atomic mass is 10.2. The summed E-state index contributed by atoms with van der Waals surface area (Å²) < 4.78 is 27.2. The number of nitrogens with one attached hydrogen (secondary N) is 1. The number of ether oxygens (including phenoxy) is 1. The third-order valence-corrected chi connectivity index (χ3v) is 3.18. The van der Waals surface area contributed by atoms with Crippen LogP contribution < -0.4 is 10.1 Å². The van der Waals surface area contributed by atoms with E-state index in [0.717, 1.165) is 5.56 Å². The standard InChI is InChI=1S/C12H16N2O3S/c1-18(15,16)9-7-14-10-11-4-2-3-5-12(11)17-8-6-13/h2-5,14H,7-10H2,1H3. The van der Waals surface area contributed by atoms with E-state index in [9.17, 15) is 8.42 Å². The number of hydrogen-bond donors (Lipinski definition) is 1. The summed E-state index contributed by atoms with van der Waals surface area (Å²) in [7, 11) is -2.94. The van der Waals surface area contributed by atoms with E-state index in [-0.39, 0.29) is 12.4 Å². The number of hydrogen-bond acceptors (Lipinski definition) is 5. The molecule has 0 bridgehead atoms. The van der Waals surface area contributed by atoms with E-state index in [1.807, 2.05) is 24.3 Å². The van der Waals surface area contributed by atoms with Gasteiger partial charge < -0.3 is 10.1 Å². The van der Waals surface area contributed by atoms with Crippen molar-refractivity contribution in [1.82, 2.24) is 5.32 Å². The van der Waals surface area contributed by atoms with Crippen LogP contribution in [0, 0.1) is 11.3 Å². The molecule has 1 aromatic rings. The first kappa shape index (κ1) is 14.5. The molecule has 1 rings (SSSR count). The molecule has 0 radical (unpaired) electrons. The molecule has 0 amide bonds. The van der Waals surface area contributed by atoms with Crippen LogP contribution in [0.25, 0.3) is 0 Å². The molecule has 0 heterocycles. The predicted molar refractivity (Wildman–Crippen MR) is 69.0 cm³/mol. The number of para-hydroxylation sites is 1. The van der Waals surface area contributed by atoms with Gasteiger partial charge in [-0.15, -0.1) is 0 Å². The van der Waals surface area contributed by atoms with Gasteiger partial charge in [-0.25, -0.2) is 8.42 Å². The van der Waals surface area contributed by atoms with Gasteiger partial charge in [0, 0.05) is 24.9 Å². The molecule has 0 spiro atoms. The topological polar surface area (TPSA) is 79.2 Å². The van der Waals surface area contributed by atoms with E-state index in [1.54, 1.807) is 6.07 Å². The average Bonchev–Trinajstić information content (AvgIpc) is 2.32. The van der Waals surface area contributed by atoms with Crippen molar-refractivity contribution in [3.63, 3.8) is 0 Å². The van der Waals surface area contributed by atoms with Crippen LogP contribution in [0.2, 0.25) is 0 Å². The highest BCUT2D eigenvalue weighted by atomic mass is 32.2. The van der Waals surface area contributed by atoms with Crippen LogP contribution in [0.15, 0.2) is 24.3 Å². The molecule has 0 saturated carbocycles. The summed E-state index contributed by atoms with van der Waals surface area (Å²) >= 11 is 0. The molecule has 0 fully saturated rings. The van der Waals surface area contributed by atoms with E-state index in [4.69, 9.17) is 10.00 Å². The van der Waals surface area contributed by atoms with Gasteiger partial charge in [-0.05, 0) is 6.07 Å². The summed E-state index contributed by atoms with van der Waals surface area (Å²) in [5, 5.41) is 11.5. The smallest absolute Gasteiger partial charge is 0.174 e. The second kappa shape index (κ2) is 6.99. The first-order valence-electron chi connectivity index (χ1n) is 5.49. The second-order valence-corrected chi connectivity index (χ2v) is 6.12. The number of sulfone groups is 1. The van der Waals surface area contributed by atoms with E-state index in [0.29, 0.717) is 18.8 Å². The van der Waals surface area contributed by atoms with Crippen molar-refractivity contribution in [3.05, 3.63) is 29.8 Å². The van der Waals surface area contributed by atoms with Crippen LogP contribution in [0.3, 0.4) is 0 Å². The van der Waals surface area contributed by atoms with Crippen LogP contribution >= 0.6 is 0 Å². The second-order valence-electron chi connectivity index (χ2n) is 3.86. The number of rotatable bonds is 7. The van der Waals surface area contributed by atoms with Crippen molar-refractivity contribution >= 4 is 9.84 Å². The molecular weight excluding hydrogens is 252 g/mol. The maximum Gasteiger partial charge on any atom is 0.174 e. The quantitative estimate of drug-likeness (QED) is 0.737. The van der Waals surface area contributed by atoms with E-state index < -0.39 is 9.84 Å². The Hall–Kier alpha value is -1.58. The lowest BCUT2D eigenvalue weighted by Gasteiger charge is -2.09. The molecule has 0 atom stereocenters. The SMILES string of the molecule is CS(=O)(=O)CCNCc1ccccc1OCC#N. The predicted octanol–water partition coefficient (Wildman–Crippen LogP) is 0.723. The highest BCUT2D eigenvalue weighted by molar-refractivity contribution is 7.90. The fourth-order valence-electron chi connectivity index (χ4n) is 1.38. The van der Waals surface area contributed by atoms with Gasteiger partial charge in [0.2, 0.25) is 0 Å². The van der Waals surface area contributed by atoms with E-state index >= 15 is 0 Å². The normalized spacial score (nSPS) is 10.9. The molecule has 0 unspecified atom stereocenters. The maximum absolute atomic E-state index is 11.0. The molecule has 0 aliphatic heterocycles. The van der Waals surface area contributed by atoms with Crippen molar-refractivity contribution in [3.8, 4) is 11.8 Å². The third kappa shape index (κ3) is 5.66. The summed E-state index contributed by atoms with van der Waals surface area (Å²) in [6.45, 7) is 0.906. The zero-order valence-corrected chi connectivity index (χ0v) is 11.0. The fourth-order valence-corrected chi connectivity index (χ4v) is 1.90. The molecule has 1 N–H and O–H groups in total. The Morgan fingerprint density at radius 3 is 2.78 bits per heavy atom. The first-order valence-corrected chi connectivity index (χ1v) is 7.55. The molecule has 98 valence electrons. The maximum atomic E-state index is 11.0. The minimum atomic E-state index is -2.94. The summed E-state index contributed by atoms with van der Waals surface area (Å²) in [5.41, 5.74) is 0.904. The van der Waals surface area contributed by atoms with Gasteiger partial charge in [0.25, 0.3) is 0 Å². The summed E-state index contributed by atoms with van der Waals surface area (Å²) in [4.78, 5) is 0. The van der Waals surface area contributed by atoms with Crippen molar-refractivity contribution in [2.45, 2.75) is 6.54 Å². The molecule has 0 aromatic heterocycles. The molecular formula is C12H16N2O3S. The minimum absolute atomic E-state index is 0.000350. The zero-order chi connectivity index (χ0) is 13.4. The highest BCUT2D eigenvalue weighted by Gasteiger charge is 2.04. The van der Waals surface area contributed by atoms with Gasteiger partial charge in [0.05, 0.1) is 5.75 Å². The van der Waals surface area contributed by atoms with Gasteiger partial charge in [-0.2, -0.15) is 5.26 Å². The van der Waals surface area contributed by atoms with Crippen LogP contribution in [-0.4, -0.2) is 33.6 Å². The zero-order valence-electron chi connectivity index (χ0n) is 10.2. The number of benzene rings is 1. The number of nitrogens with zero attached hydrogens (tertiary/aromatic N) is 1. The molecule has 6 heteroatoms.